The van der Waals surface area contributed by atoms with Gasteiger partial charge in [0.25, 0.3) is 5.91 Å². The first-order valence-electron chi connectivity index (χ1n) is 7.76. The number of hydrogen-bond donors (Lipinski definition) is 1. The molecule has 0 aliphatic rings. The molecule has 0 saturated carbocycles. The van der Waals surface area contributed by atoms with Crippen LogP contribution in [0.3, 0.4) is 0 Å². The second-order valence-corrected chi connectivity index (χ2v) is 6.05. The van der Waals surface area contributed by atoms with Crippen molar-refractivity contribution in [1.29, 1.82) is 0 Å². The van der Waals surface area contributed by atoms with Gasteiger partial charge in [0.2, 0.25) is 0 Å². The molecule has 0 atom stereocenters. The summed E-state index contributed by atoms with van der Waals surface area (Å²) in [5.41, 5.74) is 3.91. The van der Waals surface area contributed by atoms with Crippen LogP contribution in [-0.2, 0) is 0 Å². The summed E-state index contributed by atoms with van der Waals surface area (Å²) in [7, 11) is 1.54. The largest absolute Gasteiger partial charge is 0.495 e. The second kappa shape index (κ2) is 6.99. The third-order valence-corrected chi connectivity index (χ3v) is 4.30. The van der Waals surface area contributed by atoms with Crippen molar-refractivity contribution < 1.29 is 9.53 Å². The smallest absolute Gasteiger partial charge is 0.259 e. The van der Waals surface area contributed by atoms with Crippen LogP contribution in [0, 0.1) is 13.8 Å². The highest BCUT2D eigenvalue weighted by molar-refractivity contribution is 6.32. The summed E-state index contributed by atoms with van der Waals surface area (Å²) in [6.45, 7) is 3.88. The number of anilines is 1. The molecule has 0 unspecified atom stereocenters. The number of para-hydroxylation sites is 1. The number of amides is 1. The Morgan fingerprint density at radius 1 is 1.20 bits per heavy atom. The molecule has 0 aliphatic heterocycles. The van der Waals surface area contributed by atoms with Crippen LogP contribution in [0.1, 0.15) is 21.6 Å². The molecule has 0 spiro atoms. The molecule has 0 bridgehead atoms. The number of rotatable bonds is 4. The Balaban J connectivity index is 1.87. The Hall–Kier alpha value is -2.79. The molecule has 3 rings (SSSR count). The van der Waals surface area contributed by atoms with Gasteiger partial charge in [-0.3, -0.25) is 4.79 Å². The van der Waals surface area contributed by atoms with E-state index in [-0.39, 0.29) is 5.91 Å². The van der Waals surface area contributed by atoms with Gasteiger partial charge in [0.1, 0.15) is 5.75 Å². The van der Waals surface area contributed by atoms with Crippen molar-refractivity contribution >= 4 is 23.2 Å². The highest BCUT2D eigenvalue weighted by Crippen LogP contribution is 2.27. The zero-order valence-corrected chi connectivity index (χ0v) is 15.0. The minimum atomic E-state index is -0.237. The minimum absolute atomic E-state index is 0.237. The molecule has 1 aromatic heterocycles. The molecular formula is C19H18ClN3O2. The van der Waals surface area contributed by atoms with Gasteiger partial charge in [-0.25, -0.2) is 4.68 Å². The van der Waals surface area contributed by atoms with E-state index in [2.05, 4.69) is 10.4 Å². The Kier molecular flexibility index (Phi) is 4.76. The summed E-state index contributed by atoms with van der Waals surface area (Å²) in [6.07, 6.45) is 1.57. The van der Waals surface area contributed by atoms with Crippen molar-refractivity contribution in [2.24, 2.45) is 0 Å². The van der Waals surface area contributed by atoms with E-state index < -0.39 is 0 Å². The average Bonchev–Trinajstić information content (AvgIpc) is 2.97. The maximum Gasteiger partial charge on any atom is 0.259 e. The number of aryl methyl sites for hydroxylation is 1. The van der Waals surface area contributed by atoms with Crippen LogP contribution in [0.5, 0.6) is 5.75 Å². The van der Waals surface area contributed by atoms with Crippen LogP contribution in [0.15, 0.2) is 48.7 Å². The van der Waals surface area contributed by atoms with Crippen LogP contribution < -0.4 is 10.1 Å². The number of carbonyl (C=O) groups is 1. The quantitative estimate of drug-likeness (QED) is 0.754. The lowest BCUT2D eigenvalue weighted by atomic mass is 10.2. The lowest BCUT2D eigenvalue weighted by Crippen LogP contribution is -2.13. The van der Waals surface area contributed by atoms with Crippen LogP contribution in [0.4, 0.5) is 5.69 Å². The Morgan fingerprint density at radius 2 is 1.96 bits per heavy atom. The zero-order chi connectivity index (χ0) is 18.0. The molecule has 0 fully saturated rings. The third-order valence-electron chi connectivity index (χ3n) is 4.01. The maximum absolute atomic E-state index is 12.6. The number of halogens is 1. The molecule has 1 heterocycles. The van der Waals surface area contributed by atoms with Gasteiger partial charge in [-0.2, -0.15) is 5.10 Å². The number of nitrogens with one attached hydrogen (secondary N) is 1. The van der Waals surface area contributed by atoms with Crippen LogP contribution in [-0.4, -0.2) is 22.8 Å². The minimum Gasteiger partial charge on any atom is -0.495 e. The molecule has 128 valence electrons. The van der Waals surface area contributed by atoms with E-state index in [4.69, 9.17) is 16.3 Å². The van der Waals surface area contributed by atoms with Crippen molar-refractivity contribution in [1.82, 2.24) is 9.78 Å². The lowest BCUT2D eigenvalue weighted by Gasteiger charge is -2.09. The maximum atomic E-state index is 12.6. The fourth-order valence-electron chi connectivity index (χ4n) is 2.62. The van der Waals surface area contributed by atoms with E-state index in [1.807, 2.05) is 38.1 Å². The molecule has 2 aromatic carbocycles. The van der Waals surface area contributed by atoms with E-state index in [0.29, 0.717) is 22.0 Å². The molecule has 1 amide bonds. The normalized spacial score (nSPS) is 10.6. The number of carbonyl (C=O) groups excluding carboxylic acids is 1. The van der Waals surface area contributed by atoms with Gasteiger partial charge in [-0.1, -0.05) is 29.8 Å². The van der Waals surface area contributed by atoms with Gasteiger partial charge in [0.05, 0.1) is 35.3 Å². The highest BCUT2D eigenvalue weighted by Gasteiger charge is 2.16. The molecule has 6 heteroatoms. The number of aromatic nitrogens is 2. The Bertz CT molecular complexity index is 934. The Labute approximate surface area is 151 Å². The summed E-state index contributed by atoms with van der Waals surface area (Å²) in [5.74, 6) is 0.321. The van der Waals surface area contributed by atoms with Crippen LogP contribution in [0.25, 0.3) is 5.69 Å². The number of methoxy groups -OCH3 is 1. The van der Waals surface area contributed by atoms with Crippen molar-refractivity contribution in [3.05, 3.63) is 70.5 Å². The molecule has 5 nitrogen and oxygen atoms in total. The monoisotopic (exact) mass is 355 g/mol. The van der Waals surface area contributed by atoms with Gasteiger partial charge < -0.3 is 10.1 Å². The molecule has 0 aliphatic carbocycles. The first kappa shape index (κ1) is 17.0. The molecule has 0 radical (unpaired) electrons. The van der Waals surface area contributed by atoms with Gasteiger partial charge in [0, 0.05) is 5.69 Å². The average molecular weight is 356 g/mol. The topological polar surface area (TPSA) is 56.1 Å². The summed E-state index contributed by atoms with van der Waals surface area (Å²) in [5, 5.41) is 7.64. The molecule has 1 N–H and O–H groups in total. The fraction of sp³-hybridized carbons (Fsp3) is 0.158. The van der Waals surface area contributed by atoms with Gasteiger partial charge in [-0.05, 0) is 43.7 Å². The molecule has 25 heavy (non-hydrogen) atoms. The lowest BCUT2D eigenvalue weighted by molar-refractivity contribution is 0.102. The van der Waals surface area contributed by atoms with Gasteiger partial charge in [0.15, 0.2) is 0 Å². The highest BCUT2D eigenvalue weighted by atomic mass is 35.5. The first-order chi connectivity index (χ1) is 12.0. The van der Waals surface area contributed by atoms with Gasteiger partial charge >= 0.3 is 0 Å². The Morgan fingerprint density at radius 3 is 2.64 bits per heavy atom. The predicted molar refractivity (Wildman–Crippen MR) is 99.0 cm³/mol. The molecule has 0 saturated heterocycles. The van der Waals surface area contributed by atoms with Gasteiger partial charge in [-0.15, -0.1) is 0 Å². The third kappa shape index (κ3) is 3.37. The first-order valence-corrected chi connectivity index (χ1v) is 8.14. The van der Waals surface area contributed by atoms with E-state index in [0.717, 1.165) is 16.9 Å². The molecule has 3 aromatic rings. The summed E-state index contributed by atoms with van der Waals surface area (Å²) in [4.78, 5) is 12.6. The van der Waals surface area contributed by atoms with Crippen molar-refractivity contribution in [2.75, 3.05) is 12.4 Å². The number of nitrogens with zero attached hydrogens (tertiary/aromatic N) is 2. The van der Waals surface area contributed by atoms with E-state index in [9.17, 15) is 4.79 Å². The van der Waals surface area contributed by atoms with Crippen LogP contribution >= 0.6 is 11.6 Å². The summed E-state index contributed by atoms with van der Waals surface area (Å²) >= 11 is 6.10. The summed E-state index contributed by atoms with van der Waals surface area (Å²) in [6, 6.07) is 13.0. The van der Waals surface area contributed by atoms with Crippen molar-refractivity contribution in [3.63, 3.8) is 0 Å². The second-order valence-electron chi connectivity index (χ2n) is 5.65. The SMILES string of the molecule is COc1ccc(NC(=O)c2cnn(-c3ccccc3C)c2C)cc1Cl. The number of ether oxygens (including phenoxy) is 1. The fourth-order valence-corrected chi connectivity index (χ4v) is 2.88. The van der Waals surface area contributed by atoms with Crippen LogP contribution in [0.2, 0.25) is 5.02 Å². The summed E-state index contributed by atoms with van der Waals surface area (Å²) < 4.78 is 6.88. The van der Waals surface area contributed by atoms with E-state index >= 15 is 0 Å². The van der Waals surface area contributed by atoms with Crippen molar-refractivity contribution in [3.8, 4) is 11.4 Å². The standard InChI is InChI=1S/C19H18ClN3O2/c1-12-6-4-5-7-17(12)23-13(2)15(11-21-23)19(24)22-14-8-9-18(25-3)16(20)10-14/h4-11H,1-3H3,(H,22,24). The predicted octanol–water partition coefficient (Wildman–Crippen LogP) is 4.40. The number of hydrogen-bond acceptors (Lipinski definition) is 3. The van der Waals surface area contributed by atoms with Crippen molar-refractivity contribution in [2.45, 2.75) is 13.8 Å². The van der Waals surface area contributed by atoms with E-state index in [1.54, 1.807) is 36.2 Å². The number of benzene rings is 2. The van der Waals surface area contributed by atoms with E-state index in [1.165, 1.54) is 0 Å². The zero-order valence-electron chi connectivity index (χ0n) is 14.2. The molecular weight excluding hydrogens is 338 g/mol.